The summed E-state index contributed by atoms with van der Waals surface area (Å²) in [7, 11) is 0. The standard InChI is InChI=1S/C19H20N4OS/c1-11-3-8-16-14(9-11)10-17(25-16)19(24)21-15-6-4-13(5-7-15)18-20-12(2)22-23-18/h4-7,10-11H,3,8-9H2,1-2H3,(H,21,24)(H,20,22,23). The molecule has 4 rings (SSSR count). The van der Waals surface area contributed by atoms with E-state index in [-0.39, 0.29) is 5.91 Å². The number of nitrogens with zero attached hydrogens (tertiary/aromatic N) is 2. The molecule has 0 fully saturated rings. The maximum Gasteiger partial charge on any atom is 0.265 e. The Morgan fingerprint density at radius 2 is 2.12 bits per heavy atom. The van der Waals surface area contributed by atoms with Crippen molar-refractivity contribution >= 4 is 22.9 Å². The highest BCUT2D eigenvalue weighted by Crippen LogP contribution is 2.32. The number of fused-ring (bicyclic) bond motifs is 1. The zero-order chi connectivity index (χ0) is 17.4. The molecule has 5 nitrogen and oxygen atoms in total. The van der Waals surface area contributed by atoms with Crippen LogP contribution in [0.2, 0.25) is 0 Å². The Morgan fingerprint density at radius 1 is 1.32 bits per heavy atom. The van der Waals surface area contributed by atoms with Crippen molar-refractivity contribution in [3.63, 3.8) is 0 Å². The number of aromatic nitrogens is 3. The van der Waals surface area contributed by atoms with Gasteiger partial charge in [-0.05, 0) is 68.0 Å². The molecule has 2 N–H and O–H groups in total. The highest BCUT2D eigenvalue weighted by Gasteiger charge is 2.20. The molecule has 128 valence electrons. The predicted molar refractivity (Wildman–Crippen MR) is 100 cm³/mol. The number of rotatable bonds is 3. The molecule has 2 heterocycles. The Labute approximate surface area is 150 Å². The van der Waals surface area contributed by atoms with Gasteiger partial charge in [0.05, 0.1) is 4.88 Å². The van der Waals surface area contributed by atoms with E-state index in [1.54, 1.807) is 11.3 Å². The van der Waals surface area contributed by atoms with Crippen LogP contribution in [0.1, 0.15) is 39.3 Å². The molecular weight excluding hydrogens is 332 g/mol. The number of H-pyrrole nitrogens is 1. The molecule has 0 saturated carbocycles. The van der Waals surface area contributed by atoms with Crippen molar-refractivity contribution in [3.8, 4) is 11.4 Å². The molecule has 1 atom stereocenters. The number of nitrogens with one attached hydrogen (secondary N) is 2. The van der Waals surface area contributed by atoms with Crippen LogP contribution in [0.5, 0.6) is 0 Å². The van der Waals surface area contributed by atoms with Gasteiger partial charge in [0.15, 0.2) is 5.82 Å². The summed E-state index contributed by atoms with van der Waals surface area (Å²) in [4.78, 5) is 19.0. The van der Waals surface area contributed by atoms with E-state index in [1.165, 1.54) is 16.9 Å². The first-order valence-electron chi connectivity index (χ1n) is 8.51. The Balaban J connectivity index is 1.47. The molecule has 1 aliphatic rings. The van der Waals surface area contributed by atoms with Crippen LogP contribution in [-0.4, -0.2) is 21.1 Å². The monoisotopic (exact) mass is 352 g/mol. The van der Waals surface area contributed by atoms with E-state index in [0.717, 1.165) is 34.8 Å². The third kappa shape index (κ3) is 3.35. The third-order valence-corrected chi connectivity index (χ3v) is 5.79. The molecule has 1 amide bonds. The number of aromatic amines is 1. The van der Waals surface area contributed by atoms with Crippen molar-refractivity contribution in [1.82, 2.24) is 15.2 Å². The van der Waals surface area contributed by atoms with Crippen molar-refractivity contribution in [3.05, 3.63) is 51.5 Å². The lowest BCUT2D eigenvalue weighted by Gasteiger charge is -2.16. The minimum Gasteiger partial charge on any atom is -0.321 e. The first kappa shape index (κ1) is 16.0. The molecule has 1 aliphatic carbocycles. The smallest absolute Gasteiger partial charge is 0.265 e. The van der Waals surface area contributed by atoms with Crippen LogP contribution in [-0.2, 0) is 12.8 Å². The summed E-state index contributed by atoms with van der Waals surface area (Å²) < 4.78 is 0. The summed E-state index contributed by atoms with van der Waals surface area (Å²) in [5.41, 5.74) is 3.05. The summed E-state index contributed by atoms with van der Waals surface area (Å²) in [6.45, 7) is 4.14. The number of hydrogen-bond acceptors (Lipinski definition) is 4. The lowest BCUT2D eigenvalue weighted by atomic mass is 9.90. The number of thiophene rings is 1. The predicted octanol–water partition coefficient (Wildman–Crippen LogP) is 4.22. The summed E-state index contributed by atoms with van der Waals surface area (Å²) in [5.74, 6) is 2.12. The quantitative estimate of drug-likeness (QED) is 0.741. The van der Waals surface area contributed by atoms with E-state index in [4.69, 9.17) is 0 Å². The van der Waals surface area contributed by atoms with Gasteiger partial charge in [0.25, 0.3) is 5.91 Å². The Bertz CT molecular complexity index is 910. The van der Waals surface area contributed by atoms with E-state index < -0.39 is 0 Å². The van der Waals surface area contributed by atoms with Crippen molar-refractivity contribution in [2.45, 2.75) is 33.1 Å². The fourth-order valence-corrected chi connectivity index (χ4v) is 4.29. The van der Waals surface area contributed by atoms with Crippen LogP contribution in [0, 0.1) is 12.8 Å². The van der Waals surface area contributed by atoms with Gasteiger partial charge in [-0.15, -0.1) is 11.3 Å². The second-order valence-electron chi connectivity index (χ2n) is 6.68. The van der Waals surface area contributed by atoms with Gasteiger partial charge in [-0.3, -0.25) is 9.89 Å². The molecule has 0 bridgehead atoms. The van der Waals surface area contributed by atoms with E-state index in [1.807, 2.05) is 31.2 Å². The number of amides is 1. The van der Waals surface area contributed by atoms with Gasteiger partial charge in [-0.2, -0.15) is 5.10 Å². The van der Waals surface area contributed by atoms with Gasteiger partial charge >= 0.3 is 0 Å². The zero-order valence-corrected chi connectivity index (χ0v) is 15.1. The zero-order valence-electron chi connectivity index (χ0n) is 14.3. The molecule has 2 aromatic heterocycles. The van der Waals surface area contributed by atoms with Crippen molar-refractivity contribution < 1.29 is 4.79 Å². The number of hydrogen-bond donors (Lipinski definition) is 2. The van der Waals surface area contributed by atoms with E-state index in [0.29, 0.717) is 11.7 Å². The summed E-state index contributed by atoms with van der Waals surface area (Å²) in [6.07, 6.45) is 3.40. The molecule has 3 aromatic rings. The second-order valence-corrected chi connectivity index (χ2v) is 7.82. The molecule has 0 aliphatic heterocycles. The average Bonchev–Trinajstić information content (AvgIpc) is 3.21. The van der Waals surface area contributed by atoms with Crippen LogP contribution < -0.4 is 5.32 Å². The second kappa shape index (κ2) is 6.44. The number of aryl methyl sites for hydroxylation is 2. The van der Waals surface area contributed by atoms with Crippen LogP contribution in [0.15, 0.2) is 30.3 Å². The van der Waals surface area contributed by atoms with E-state index in [9.17, 15) is 4.79 Å². The molecule has 0 saturated heterocycles. The van der Waals surface area contributed by atoms with Crippen LogP contribution in [0.3, 0.4) is 0 Å². The van der Waals surface area contributed by atoms with Crippen LogP contribution in [0.4, 0.5) is 5.69 Å². The van der Waals surface area contributed by atoms with Crippen molar-refractivity contribution in [2.75, 3.05) is 5.32 Å². The number of anilines is 1. The highest BCUT2D eigenvalue weighted by atomic mass is 32.1. The van der Waals surface area contributed by atoms with E-state index >= 15 is 0 Å². The van der Waals surface area contributed by atoms with Crippen molar-refractivity contribution in [2.24, 2.45) is 5.92 Å². The SMILES string of the molecule is Cc1nc(-c2ccc(NC(=O)c3cc4c(s3)CCC(C)C4)cc2)n[nH]1. The number of benzene rings is 1. The summed E-state index contributed by atoms with van der Waals surface area (Å²) in [5, 5.41) is 9.96. The van der Waals surface area contributed by atoms with Crippen molar-refractivity contribution in [1.29, 1.82) is 0 Å². The minimum absolute atomic E-state index is 0.0338. The van der Waals surface area contributed by atoms with E-state index in [2.05, 4.69) is 33.5 Å². The van der Waals surface area contributed by atoms with Crippen LogP contribution in [0.25, 0.3) is 11.4 Å². The first-order valence-corrected chi connectivity index (χ1v) is 9.32. The average molecular weight is 352 g/mol. The molecule has 1 aromatic carbocycles. The summed E-state index contributed by atoms with van der Waals surface area (Å²) >= 11 is 1.63. The molecule has 6 heteroatoms. The Hall–Kier alpha value is -2.47. The highest BCUT2D eigenvalue weighted by molar-refractivity contribution is 7.14. The van der Waals surface area contributed by atoms with Gasteiger partial charge in [0.1, 0.15) is 5.82 Å². The van der Waals surface area contributed by atoms with Gasteiger partial charge in [0, 0.05) is 16.1 Å². The topological polar surface area (TPSA) is 70.7 Å². The molecule has 1 unspecified atom stereocenters. The lowest BCUT2D eigenvalue weighted by Crippen LogP contribution is -2.10. The molecule has 25 heavy (non-hydrogen) atoms. The minimum atomic E-state index is -0.0338. The third-order valence-electron chi connectivity index (χ3n) is 4.55. The van der Waals surface area contributed by atoms with Crippen LogP contribution >= 0.6 is 11.3 Å². The molecule has 0 radical (unpaired) electrons. The lowest BCUT2D eigenvalue weighted by molar-refractivity contribution is 0.103. The number of carbonyl (C=O) groups excluding carboxylic acids is 1. The Morgan fingerprint density at radius 3 is 2.84 bits per heavy atom. The fourth-order valence-electron chi connectivity index (χ4n) is 3.18. The maximum absolute atomic E-state index is 12.5. The normalized spacial score (nSPS) is 16.5. The Kier molecular flexibility index (Phi) is 4.13. The van der Waals surface area contributed by atoms with Gasteiger partial charge in [-0.25, -0.2) is 4.98 Å². The first-order chi connectivity index (χ1) is 12.1. The van der Waals surface area contributed by atoms with Gasteiger partial charge in [-0.1, -0.05) is 6.92 Å². The summed E-state index contributed by atoms with van der Waals surface area (Å²) in [6, 6.07) is 9.66. The maximum atomic E-state index is 12.5. The largest absolute Gasteiger partial charge is 0.321 e. The van der Waals surface area contributed by atoms with Gasteiger partial charge in [0.2, 0.25) is 0 Å². The number of carbonyl (C=O) groups is 1. The fraction of sp³-hybridized carbons (Fsp3) is 0.316. The molecule has 0 spiro atoms. The molecular formula is C19H20N4OS. The van der Waals surface area contributed by atoms with Gasteiger partial charge < -0.3 is 5.32 Å².